The quantitative estimate of drug-likeness (QED) is 0.219. The van der Waals surface area contributed by atoms with Crippen molar-refractivity contribution in [2.45, 2.75) is 12.2 Å². The van der Waals surface area contributed by atoms with Gasteiger partial charge >= 0.3 is 6.18 Å². The number of hydrogen-bond acceptors (Lipinski definition) is 3. The fourth-order valence-corrected chi connectivity index (χ4v) is 4.35. The predicted octanol–water partition coefficient (Wildman–Crippen LogP) is 5.85. The van der Waals surface area contributed by atoms with E-state index in [-0.39, 0.29) is 39.0 Å². The van der Waals surface area contributed by atoms with E-state index in [1.807, 2.05) is 0 Å². The molecule has 2 heterocycles. The van der Waals surface area contributed by atoms with Gasteiger partial charge in [-0.25, -0.2) is 8.78 Å². The van der Waals surface area contributed by atoms with Crippen LogP contribution < -0.4 is 10.6 Å². The molecule has 1 atom stereocenters. The number of amides is 2. The monoisotopic (exact) mass is 556 g/mol. The molecule has 6 nitrogen and oxygen atoms in total. The number of anilines is 1. The van der Waals surface area contributed by atoms with E-state index >= 15 is 0 Å². The van der Waals surface area contributed by atoms with Crippen LogP contribution in [0.2, 0.25) is 5.02 Å². The van der Waals surface area contributed by atoms with Crippen molar-refractivity contribution in [1.82, 2.24) is 15.5 Å². The van der Waals surface area contributed by atoms with Crippen molar-refractivity contribution in [3.05, 3.63) is 117 Å². The van der Waals surface area contributed by atoms with Gasteiger partial charge in [0.15, 0.2) is 0 Å². The van der Waals surface area contributed by atoms with Crippen molar-refractivity contribution < 1.29 is 31.5 Å². The average Bonchev–Trinajstić information content (AvgIpc) is 3.51. The fourth-order valence-electron chi connectivity index (χ4n) is 4.12. The molecule has 0 radical (unpaired) electrons. The molecule has 1 aromatic heterocycles. The average molecular weight is 557 g/mol. The van der Waals surface area contributed by atoms with Crippen LogP contribution >= 0.6 is 11.6 Å². The van der Waals surface area contributed by atoms with Gasteiger partial charge in [-0.1, -0.05) is 17.5 Å². The Morgan fingerprint density at radius 2 is 1.79 bits per heavy atom. The van der Waals surface area contributed by atoms with E-state index in [1.165, 1.54) is 24.4 Å². The molecule has 0 aliphatic carbocycles. The Bertz CT molecular complexity index is 1690. The number of H-pyrrole nitrogens is 1. The molecular weight excluding hydrogens is 543 g/mol. The highest BCUT2D eigenvalue weighted by molar-refractivity contribution is 6.31. The van der Waals surface area contributed by atoms with E-state index in [2.05, 4.69) is 32.7 Å². The van der Waals surface area contributed by atoms with E-state index < -0.39 is 46.8 Å². The maximum atomic E-state index is 14.1. The predicted molar refractivity (Wildman–Crippen MR) is 131 cm³/mol. The van der Waals surface area contributed by atoms with Gasteiger partial charge in [-0.05, 0) is 60.5 Å². The van der Waals surface area contributed by atoms with Crippen LogP contribution in [0.5, 0.6) is 0 Å². The van der Waals surface area contributed by atoms with E-state index in [4.69, 9.17) is 11.6 Å². The second kappa shape index (κ2) is 9.89. The number of benzene rings is 3. The summed E-state index contributed by atoms with van der Waals surface area (Å²) in [7, 11) is 0. The van der Waals surface area contributed by atoms with E-state index in [9.17, 15) is 31.5 Å². The number of carbonyl (C=O) groups is 2. The third-order valence-corrected chi connectivity index (χ3v) is 6.18. The summed E-state index contributed by atoms with van der Waals surface area (Å²) in [5.41, 5.74) is -0.832. The van der Waals surface area contributed by atoms with Gasteiger partial charge in [0.2, 0.25) is 0 Å². The number of halogens is 6. The number of hydrogen-bond donors (Lipinski definition) is 3. The van der Waals surface area contributed by atoms with Gasteiger partial charge in [0, 0.05) is 44.7 Å². The molecular formula is C27H14ClF5N4O2. The zero-order chi connectivity index (χ0) is 27.9. The minimum atomic E-state index is -4.89. The summed E-state index contributed by atoms with van der Waals surface area (Å²) in [4.78, 5) is 26.0. The molecule has 1 aliphatic rings. The maximum Gasteiger partial charge on any atom is 0.416 e. The lowest BCUT2D eigenvalue weighted by Crippen LogP contribution is -2.21. The summed E-state index contributed by atoms with van der Waals surface area (Å²) >= 11 is 6.27. The molecule has 0 fully saturated rings. The third-order valence-electron chi connectivity index (χ3n) is 5.84. The second-order valence-electron chi connectivity index (χ2n) is 8.46. The summed E-state index contributed by atoms with van der Waals surface area (Å²) in [5.74, 6) is 2.05. The zero-order valence-electron chi connectivity index (χ0n) is 19.4. The lowest BCUT2D eigenvalue weighted by molar-refractivity contribution is -0.137. The number of alkyl halides is 3. The van der Waals surface area contributed by atoms with E-state index in [0.717, 1.165) is 12.1 Å². The Kier molecular flexibility index (Phi) is 6.57. The third kappa shape index (κ3) is 5.32. The summed E-state index contributed by atoms with van der Waals surface area (Å²) in [6.07, 6.45) is -3.41. The Morgan fingerprint density at radius 1 is 1.00 bits per heavy atom. The Labute approximate surface area is 222 Å². The Balaban J connectivity index is 1.63. The zero-order valence-corrected chi connectivity index (χ0v) is 20.1. The minimum Gasteiger partial charge on any atom is -0.341 e. The molecule has 0 spiro atoms. The van der Waals surface area contributed by atoms with Crippen molar-refractivity contribution >= 4 is 29.1 Å². The normalized spacial score (nSPS) is 14.3. The minimum absolute atomic E-state index is 0.0205. The van der Waals surface area contributed by atoms with Crippen molar-refractivity contribution in [3.63, 3.8) is 0 Å². The lowest BCUT2D eigenvalue weighted by Gasteiger charge is -2.18. The number of nitrogens with zero attached hydrogens (tertiary/aromatic N) is 1. The Hall–Kier alpha value is -4.69. The summed E-state index contributed by atoms with van der Waals surface area (Å²) in [6.45, 7) is 0. The second-order valence-corrected chi connectivity index (χ2v) is 8.87. The molecule has 0 bridgehead atoms. The first-order valence-corrected chi connectivity index (χ1v) is 11.5. The van der Waals surface area contributed by atoms with Crippen molar-refractivity contribution in [3.8, 4) is 11.8 Å². The molecule has 39 heavy (non-hydrogen) atoms. The van der Waals surface area contributed by atoms with Crippen LogP contribution in [0.15, 0.2) is 60.8 Å². The molecule has 1 unspecified atom stereocenters. The molecule has 196 valence electrons. The number of aromatic nitrogens is 2. The highest BCUT2D eigenvalue weighted by Crippen LogP contribution is 2.40. The first-order valence-electron chi connectivity index (χ1n) is 11.1. The van der Waals surface area contributed by atoms with Gasteiger partial charge in [0.05, 0.1) is 11.6 Å². The topological polar surface area (TPSA) is 86.9 Å². The van der Waals surface area contributed by atoms with Crippen molar-refractivity contribution in [1.29, 1.82) is 0 Å². The van der Waals surface area contributed by atoms with Crippen LogP contribution in [0, 0.1) is 23.5 Å². The number of rotatable bonds is 3. The van der Waals surface area contributed by atoms with Gasteiger partial charge in [-0.15, -0.1) is 0 Å². The van der Waals surface area contributed by atoms with Crippen LogP contribution in [0.25, 0.3) is 0 Å². The van der Waals surface area contributed by atoms with Gasteiger partial charge in [-0.3, -0.25) is 14.7 Å². The first kappa shape index (κ1) is 25.9. The molecule has 0 saturated heterocycles. The number of carbonyl (C=O) groups excluding carboxylic acids is 2. The molecule has 2 amide bonds. The van der Waals surface area contributed by atoms with Crippen LogP contribution in [0.3, 0.4) is 0 Å². The molecule has 4 aromatic rings. The van der Waals surface area contributed by atoms with Crippen LogP contribution in [0.1, 0.15) is 54.7 Å². The van der Waals surface area contributed by atoms with Crippen LogP contribution in [-0.4, -0.2) is 22.0 Å². The number of nitrogens with one attached hydrogen (secondary N) is 3. The SMILES string of the molecule is O=C(Nc1cc(C#Cc2ccn[nH]2)cc2c1C(c1cc(F)ccc1Cl)NC2=O)c1cc(F)cc(C(F)(F)F)c1. The van der Waals surface area contributed by atoms with Gasteiger partial charge < -0.3 is 10.6 Å². The highest BCUT2D eigenvalue weighted by Gasteiger charge is 2.35. The highest BCUT2D eigenvalue weighted by atomic mass is 35.5. The standard InChI is InChI=1S/C27H14ClF5N4O2/c28-21-4-2-16(29)12-19(21)24-23-20(26(39)36-24)7-13(1-3-18-5-6-34-37-18)8-22(23)35-25(38)14-9-15(27(31,32)33)11-17(30)10-14/h2,4-12,24H,(H,34,37)(H,35,38)(H,36,39). The molecule has 12 heteroatoms. The van der Waals surface area contributed by atoms with Crippen LogP contribution in [0.4, 0.5) is 27.6 Å². The molecule has 0 saturated carbocycles. The molecule has 1 aliphatic heterocycles. The van der Waals surface area contributed by atoms with Crippen molar-refractivity contribution in [2.75, 3.05) is 5.32 Å². The summed E-state index contributed by atoms with van der Waals surface area (Å²) in [5, 5.41) is 11.7. The molecule has 3 N–H and O–H groups in total. The lowest BCUT2D eigenvalue weighted by atomic mass is 9.94. The smallest absolute Gasteiger partial charge is 0.341 e. The van der Waals surface area contributed by atoms with Crippen LogP contribution in [-0.2, 0) is 6.18 Å². The van der Waals surface area contributed by atoms with Gasteiger partial charge in [-0.2, -0.15) is 18.3 Å². The summed E-state index contributed by atoms with van der Waals surface area (Å²) < 4.78 is 67.7. The van der Waals surface area contributed by atoms with E-state index in [0.29, 0.717) is 17.8 Å². The Morgan fingerprint density at radius 3 is 2.51 bits per heavy atom. The van der Waals surface area contributed by atoms with Gasteiger partial charge in [0.1, 0.15) is 17.3 Å². The molecule has 3 aromatic carbocycles. The van der Waals surface area contributed by atoms with E-state index in [1.54, 1.807) is 6.07 Å². The number of aromatic amines is 1. The molecule has 5 rings (SSSR count). The largest absolute Gasteiger partial charge is 0.416 e. The van der Waals surface area contributed by atoms with Gasteiger partial charge in [0.25, 0.3) is 11.8 Å². The fraction of sp³-hybridized carbons (Fsp3) is 0.0741. The summed E-state index contributed by atoms with van der Waals surface area (Å²) in [6, 6.07) is 8.38. The van der Waals surface area contributed by atoms with Crippen molar-refractivity contribution in [2.24, 2.45) is 0 Å². The first-order chi connectivity index (χ1) is 18.5. The maximum absolute atomic E-state index is 14.1. The number of fused-ring (bicyclic) bond motifs is 1.